The molecule has 84 valence electrons. The molecule has 0 bridgehead atoms. The molecule has 5 nitrogen and oxygen atoms in total. The van der Waals surface area contributed by atoms with Crippen molar-refractivity contribution in [1.29, 1.82) is 0 Å². The van der Waals surface area contributed by atoms with E-state index >= 15 is 0 Å². The number of aromatic nitrogens is 1. The number of hydrogen-bond donors (Lipinski definition) is 1. The lowest BCUT2D eigenvalue weighted by molar-refractivity contribution is -0.148. The van der Waals surface area contributed by atoms with E-state index in [9.17, 15) is 9.90 Å². The zero-order valence-electron chi connectivity index (χ0n) is 8.83. The van der Waals surface area contributed by atoms with Gasteiger partial charge in [-0.3, -0.25) is 14.8 Å². The van der Waals surface area contributed by atoms with Crippen LogP contribution in [0.3, 0.4) is 0 Å². The van der Waals surface area contributed by atoms with Crippen molar-refractivity contribution in [3.8, 4) is 0 Å². The lowest BCUT2D eigenvalue weighted by Gasteiger charge is -2.21. The van der Waals surface area contributed by atoms with E-state index in [4.69, 9.17) is 4.74 Å². The second kappa shape index (κ2) is 4.40. The molecule has 1 aromatic rings. The maximum absolute atomic E-state index is 11.5. The molecule has 0 aliphatic carbocycles. The van der Waals surface area contributed by atoms with Gasteiger partial charge in [0.1, 0.15) is 12.0 Å². The summed E-state index contributed by atoms with van der Waals surface area (Å²) in [6.07, 6.45) is 1.99. The summed E-state index contributed by atoms with van der Waals surface area (Å²) in [6, 6.07) is 3.47. The van der Waals surface area contributed by atoms with Crippen LogP contribution in [0.4, 0.5) is 5.69 Å². The van der Waals surface area contributed by atoms with Gasteiger partial charge < -0.3 is 9.84 Å². The fourth-order valence-electron chi connectivity index (χ4n) is 1.59. The predicted molar refractivity (Wildman–Crippen MR) is 57.5 cm³/mol. The Bertz CT molecular complexity index is 431. The van der Waals surface area contributed by atoms with E-state index in [2.05, 4.69) is 9.98 Å². The zero-order chi connectivity index (χ0) is 11.5. The first-order valence-corrected chi connectivity index (χ1v) is 5.08. The summed E-state index contributed by atoms with van der Waals surface area (Å²) in [7, 11) is 0. The Balaban J connectivity index is 2.27. The Hall–Kier alpha value is -1.75. The molecule has 1 aliphatic rings. The fourth-order valence-corrected chi connectivity index (χ4v) is 1.59. The number of nitrogens with zero attached hydrogens (tertiary/aromatic N) is 2. The molecule has 1 N–H and O–H groups in total. The average Bonchev–Trinajstić information content (AvgIpc) is 2.30. The fraction of sp³-hybridized carbons (Fsp3) is 0.364. The molecule has 1 aliphatic heterocycles. The molecule has 0 amide bonds. The van der Waals surface area contributed by atoms with Gasteiger partial charge in [0, 0.05) is 12.4 Å². The summed E-state index contributed by atoms with van der Waals surface area (Å²) in [5.41, 5.74) is 1.01. The number of carbonyl (C=O) groups excluding carboxylic acids is 1. The highest BCUT2D eigenvalue weighted by atomic mass is 16.5. The van der Waals surface area contributed by atoms with E-state index in [-0.39, 0.29) is 6.61 Å². The summed E-state index contributed by atoms with van der Waals surface area (Å²) in [5, 5.41) is 9.96. The first-order chi connectivity index (χ1) is 7.74. The molecule has 0 aromatic carbocycles. The van der Waals surface area contributed by atoms with E-state index < -0.39 is 18.0 Å². The molecular weight excluding hydrogens is 208 g/mol. The third-order valence-electron chi connectivity index (χ3n) is 2.37. The maximum atomic E-state index is 11.5. The van der Waals surface area contributed by atoms with Crippen molar-refractivity contribution in [1.82, 2.24) is 4.98 Å². The minimum atomic E-state index is -0.979. The highest BCUT2D eigenvalue weighted by Gasteiger charge is 2.33. The van der Waals surface area contributed by atoms with Crippen LogP contribution in [0, 0.1) is 5.92 Å². The molecule has 0 spiro atoms. The molecule has 1 aromatic heterocycles. The largest absolute Gasteiger partial charge is 0.465 e. The Morgan fingerprint density at radius 3 is 3.19 bits per heavy atom. The van der Waals surface area contributed by atoms with Crippen LogP contribution in [-0.4, -0.2) is 28.9 Å². The van der Waals surface area contributed by atoms with Gasteiger partial charge in [-0.15, -0.1) is 0 Å². The van der Waals surface area contributed by atoms with Crippen LogP contribution >= 0.6 is 0 Å². The van der Waals surface area contributed by atoms with Crippen LogP contribution in [-0.2, 0) is 9.53 Å². The number of esters is 1. The second-order valence-electron chi connectivity index (χ2n) is 3.41. The Labute approximate surface area is 92.8 Å². The number of pyridine rings is 1. The number of aliphatic imine (C=N–C) groups is 1. The summed E-state index contributed by atoms with van der Waals surface area (Å²) >= 11 is 0. The SMILES string of the molecule is CCOC(=O)[C@@H]1C=Nc2cccnc2[C@@H]1O. The van der Waals surface area contributed by atoms with Gasteiger partial charge in [-0.05, 0) is 19.1 Å². The summed E-state index contributed by atoms with van der Waals surface area (Å²) in [6.45, 7) is 2.00. The van der Waals surface area contributed by atoms with Crippen LogP contribution in [0.25, 0.3) is 0 Å². The van der Waals surface area contributed by atoms with Crippen LogP contribution in [0.2, 0.25) is 0 Å². The second-order valence-corrected chi connectivity index (χ2v) is 3.41. The first kappa shape index (κ1) is 10.8. The van der Waals surface area contributed by atoms with Crippen molar-refractivity contribution in [3.63, 3.8) is 0 Å². The number of carbonyl (C=O) groups is 1. The summed E-state index contributed by atoms with van der Waals surface area (Å²) in [5.74, 6) is -1.24. The lowest BCUT2D eigenvalue weighted by Crippen LogP contribution is -2.28. The van der Waals surface area contributed by atoms with Crippen LogP contribution in [0.15, 0.2) is 23.3 Å². The number of fused-ring (bicyclic) bond motifs is 1. The Morgan fingerprint density at radius 2 is 2.44 bits per heavy atom. The van der Waals surface area contributed by atoms with Crippen molar-refractivity contribution in [3.05, 3.63) is 24.0 Å². The van der Waals surface area contributed by atoms with Gasteiger partial charge in [0.2, 0.25) is 0 Å². The highest BCUT2D eigenvalue weighted by molar-refractivity contribution is 5.93. The van der Waals surface area contributed by atoms with E-state index in [1.807, 2.05) is 0 Å². The number of hydrogen-bond acceptors (Lipinski definition) is 5. The lowest BCUT2D eigenvalue weighted by atomic mass is 9.97. The van der Waals surface area contributed by atoms with Crippen LogP contribution < -0.4 is 0 Å². The Morgan fingerprint density at radius 1 is 1.62 bits per heavy atom. The van der Waals surface area contributed by atoms with Gasteiger partial charge in [0.25, 0.3) is 0 Å². The number of rotatable bonds is 2. The van der Waals surface area contributed by atoms with E-state index in [0.717, 1.165) is 0 Å². The molecule has 5 heteroatoms. The maximum Gasteiger partial charge on any atom is 0.317 e. The normalized spacial score (nSPS) is 22.6. The molecule has 0 saturated carbocycles. The minimum absolute atomic E-state index is 0.283. The van der Waals surface area contributed by atoms with Crippen molar-refractivity contribution in [2.45, 2.75) is 13.0 Å². The first-order valence-electron chi connectivity index (χ1n) is 5.08. The van der Waals surface area contributed by atoms with Crippen LogP contribution in [0.1, 0.15) is 18.7 Å². The molecule has 2 atom stereocenters. The predicted octanol–water partition coefficient (Wildman–Crippen LogP) is 1.01. The van der Waals surface area contributed by atoms with Crippen molar-refractivity contribution < 1.29 is 14.6 Å². The quantitative estimate of drug-likeness (QED) is 0.755. The van der Waals surface area contributed by atoms with Crippen LogP contribution in [0.5, 0.6) is 0 Å². The molecule has 2 rings (SSSR count). The van der Waals surface area contributed by atoms with Gasteiger partial charge in [-0.1, -0.05) is 0 Å². The highest BCUT2D eigenvalue weighted by Crippen LogP contribution is 2.32. The van der Waals surface area contributed by atoms with Crippen molar-refractivity contribution >= 4 is 17.9 Å². The van der Waals surface area contributed by atoms with Gasteiger partial charge in [0.05, 0.1) is 18.0 Å². The number of aliphatic hydroxyl groups excluding tert-OH is 1. The molecule has 2 heterocycles. The monoisotopic (exact) mass is 220 g/mol. The van der Waals surface area contributed by atoms with Gasteiger partial charge in [-0.25, -0.2) is 0 Å². The topological polar surface area (TPSA) is 71.8 Å². The van der Waals surface area contributed by atoms with Crippen molar-refractivity contribution in [2.24, 2.45) is 10.9 Å². The van der Waals surface area contributed by atoms with E-state index in [0.29, 0.717) is 11.4 Å². The summed E-state index contributed by atoms with van der Waals surface area (Å²) in [4.78, 5) is 19.6. The van der Waals surface area contributed by atoms with Gasteiger partial charge >= 0.3 is 5.97 Å². The molecule has 0 unspecified atom stereocenters. The molecular formula is C11H12N2O3. The minimum Gasteiger partial charge on any atom is -0.465 e. The van der Waals surface area contributed by atoms with Crippen molar-refractivity contribution in [2.75, 3.05) is 6.61 Å². The molecule has 0 fully saturated rings. The number of aliphatic hydroxyl groups is 1. The van der Waals surface area contributed by atoms with E-state index in [1.54, 1.807) is 25.3 Å². The van der Waals surface area contributed by atoms with Gasteiger partial charge in [0.15, 0.2) is 0 Å². The Kier molecular flexibility index (Phi) is 2.96. The number of ether oxygens (including phenoxy) is 1. The van der Waals surface area contributed by atoms with E-state index in [1.165, 1.54) is 6.21 Å². The third-order valence-corrected chi connectivity index (χ3v) is 2.37. The summed E-state index contributed by atoms with van der Waals surface area (Å²) < 4.78 is 4.85. The molecule has 16 heavy (non-hydrogen) atoms. The van der Waals surface area contributed by atoms with Gasteiger partial charge in [-0.2, -0.15) is 0 Å². The molecule has 0 radical (unpaired) electrons. The standard InChI is InChI=1S/C11H12N2O3/c1-2-16-11(15)7-6-13-8-4-3-5-12-9(8)10(7)14/h3-7,10,14H,2H2,1H3/t7-,10-/m1/s1. The zero-order valence-corrected chi connectivity index (χ0v) is 8.83. The third kappa shape index (κ3) is 1.81. The molecule has 0 saturated heterocycles. The average molecular weight is 220 g/mol. The smallest absolute Gasteiger partial charge is 0.317 e.